The summed E-state index contributed by atoms with van der Waals surface area (Å²) in [6.07, 6.45) is 5.49. The number of ether oxygens (including phenoxy) is 5. The van der Waals surface area contributed by atoms with Crippen molar-refractivity contribution in [2.75, 3.05) is 6.61 Å². The summed E-state index contributed by atoms with van der Waals surface area (Å²) >= 11 is 0. The van der Waals surface area contributed by atoms with E-state index in [1.807, 2.05) is 48.5 Å². The summed E-state index contributed by atoms with van der Waals surface area (Å²) < 4.78 is 32.6. The molecule has 2 heterocycles. The quantitative estimate of drug-likeness (QED) is 0.630. The van der Waals surface area contributed by atoms with Crippen molar-refractivity contribution >= 4 is 0 Å². The molecule has 192 valence electrons. The molecule has 1 unspecified atom stereocenters. The topological polar surface area (TPSA) is 72.2 Å². The highest BCUT2D eigenvalue weighted by atomic mass is 16.8. The third-order valence-corrected chi connectivity index (χ3v) is 9.10. The molecule has 0 amide bonds. The Morgan fingerprint density at radius 2 is 1.47 bits per heavy atom. The van der Waals surface area contributed by atoms with Crippen molar-refractivity contribution in [1.82, 2.24) is 0 Å². The third kappa shape index (κ3) is 4.42. The number of fused-ring (bicyclic) bond motifs is 1. The largest absolute Gasteiger partial charge is 0.367 e. The zero-order valence-corrected chi connectivity index (χ0v) is 20.7. The highest BCUT2D eigenvalue weighted by Gasteiger charge is 2.56. The Hall–Kier alpha value is -1.80. The molecule has 2 aromatic carbocycles. The predicted molar refractivity (Wildman–Crippen MR) is 134 cm³/mol. The highest BCUT2D eigenvalue weighted by Crippen LogP contribution is 2.57. The van der Waals surface area contributed by atoms with Crippen molar-refractivity contribution in [1.29, 1.82) is 0 Å². The zero-order chi connectivity index (χ0) is 24.1. The Morgan fingerprint density at radius 1 is 0.833 bits per heavy atom. The Labute approximate surface area is 213 Å². The summed E-state index contributed by atoms with van der Waals surface area (Å²) in [5, 5.41) is 0. The maximum atomic E-state index is 6.99. The van der Waals surface area contributed by atoms with E-state index in [-0.39, 0.29) is 23.9 Å². The normalized spacial score (nSPS) is 43.3. The molecule has 6 nitrogen and oxygen atoms in total. The Bertz CT molecular complexity index is 997. The monoisotopic (exact) mass is 491 g/mol. The van der Waals surface area contributed by atoms with E-state index in [1.165, 1.54) is 19.3 Å². The van der Waals surface area contributed by atoms with E-state index >= 15 is 0 Å². The van der Waals surface area contributed by atoms with Crippen LogP contribution >= 0.6 is 0 Å². The highest BCUT2D eigenvalue weighted by molar-refractivity contribution is 5.17. The summed E-state index contributed by atoms with van der Waals surface area (Å²) in [4.78, 5) is 0. The average molecular weight is 492 g/mol. The van der Waals surface area contributed by atoms with Gasteiger partial charge in [-0.05, 0) is 61.8 Å². The van der Waals surface area contributed by atoms with Gasteiger partial charge in [0.15, 0.2) is 12.6 Å². The van der Waals surface area contributed by atoms with Crippen LogP contribution in [0.25, 0.3) is 0 Å². The Morgan fingerprint density at radius 3 is 2.14 bits per heavy atom. The molecule has 4 bridgehead atoms. The van der Waals surface area contributed by atoms with Crippen molar-refractivity contribution in [3.05, 3.63) is 71.8 Å². The fourth-order valence-corrected chi connectivity index (χ4v) is 7.88. The van der Waals surface area contributed by atoms with Crippen LogP contribution in [0.15, 0.2) is 60.7 Å². The van der Waals surface area contributed by atoms with Crippen LogP contribution in [0.2, 0.25) is 0 Å². The molecule has 0 spiro atoms. The molecule has 2 saturated heterocycles. The van der Waals surface area contributed by atoms with Gasteiger partial charge in [-0.25, -0.2) is 0 Å². The first-order valence-corrected chi connectivity index (χ1v) is 13.7. The molecule has 0 radical (unpaired) electrons. The lowest BCUT2D eigenvalue weighted by atomic mass is 9.54. The standard InChI is InChI=1S/C30H37NO5/c31-25-26-24(18-33-28(35-26)23-9-5-2-6-10-23)34-29(27(25)32-17-19-7-3-1-4-8-19)36-30-14-20-11-21(15-30)13-22(12-20)16-30/h1-10,20-22,24-29H,11-18,31H2/t20?,21?,22?,24-,25+,26-,27+,28?,29+,30?/m1/s1. The lowest BCUT2D eigenvalue weighted by Crippen LogP contribution is -2.67. The van der Waals surface area contributed by atoms with Crippen LogP contribution < -0.4 is 5.73 Å². The Kier molecular flexibility index (Phi) is 6.15. The van der Waals surface area contributed by atoms with E-state index in [0.717, 1.165) is 48.1 Å². The molecule has 6 heteroatoms. The van der Waals surface area contributed by atoms with E-state index < -0.39 is 18.7 Å². The number of benzene rings is 2. The lowest BCUT2D eigenvalue weighted by molar-refractivity contribution is -0.369. The summed E-state index contributed by atoms with van der Waals surface area (Å²) in [6, 6.07) is 19.8. The van der Waals surface area contributed by atoms with Gasteiger partial charge in [0.05, 0.1) is 24.9 Å². The van der Waals surface area contributed by atoms with Gasteiger partial charge in [0.2, 0.25) is 0 Å². The van der Waals surface area contributed by atoms with Crippen LogP contribution in [0.5, 0.6) is 0 Å². The summed E-state index contributed by atoms with van der Waals surface area (Å²) in [5.74, 6) is 2.37. The van der Waals surface area contributed by atoms with Crippen LogP contribution in [-0.2, 0) is 30.3 Å². The van der Waals surface area contributed by atoms with Crippen LogP contribution in [0.3, 0.4) is 0 Å². The van der Waals surface area contributed by atoms with Crippen molar-refractivity contribution < 1.29 is 23.7 Å². The van der Waals surface area contributed by atoms with E-state index in [1.54, 1.807) is 0 Å². The second-order valence-electron chi connectivity index (χ2n) is 11.8. The minimum absolute atomic E-state index is 0.108. The molecule has 6 fully saturated rings. The van der Waals surface area contributed by atoms with Gasteiger partial charge in [0.1, 0.15) is 18.3 Å². The smallest absolute Gasteiger partial charge is 0.186 e. The molecule has 4 saturated carbocycles. The molecule has 2 aromatic rings. The minimum Gasteiger partial charge on any atom is -0.367 e. The van der Waals surface area contributed by atoms with E-state index in [2.05, 4.69) is 12.1 Å². The molecule has 8 rings (SSSR count). The number of rotatable bonds is 6. The molecule has 6 aliphatic rings. The van der Waals surface area contributed by atoms with Crippen molar-refractivity contribution in [3.63, 3.8) is 0 Å². The lowest BCUT2D eigenvalue weighted by Gasteiger charge is -2.58. The molecule has 0 aromatic heterocycles. The molecular formula is C30H37NO5. The van der Waals surface area contributed by atoms with Gasteiger partial charge < -0.3 is 29.4 Å². The van der Waals surface area contributed by atoms with Gasteiger partial charge in [-0.3, -0.25) is 0 Å². The van der Waals surface area contributed by atoms with Crippen LogP contribution in [-0.4, -0.2) is 42.9 Å². The number of nitrogens with two attached hydrogens (primary N) is 1. The number of hydrogen-bond donors (Lipinski definition) is 1. The predicted octanol–water partition coefficient (Wildman–Crippen LogP) is 4.72. The number of hydrogen-bond acceptors (Lipinski definition) is 6. The fourth-order valence-electron chi connectivity index (χ4n) is 7.88. The fraction of sp³-hybridized carbons (Fsp3) is 0.600. The first-order chi connectivity index (χ1) is 17.6. The van der Waals surface area contributed by atoms with Gasteiger partial charge >= 0.3 is 0 Å². The third-order valence-electron chi connectivity index (χ3n) is 9.10. The zero-order valence-electron chi connectivity index (χ0n) is 20.7. The van der Waals surface area contributed by atoms with E-state index in [4.69, 9.17) is 29.4 Å². The Balaban J connectivity index is 1.12. The van der Waals surface area contributed by atoms with Crippen LogP contribution in [0.4, 0.5) is 0 Å². The molecule has 4 aliphatic carbocycles. The SMILES string of the molecule is N[C@@H]1[C@H](OCc2ccccc2)[C@H](OC23CC4CC(CC(C4)C2)C3)O[C@@H]2COC(c3ccccc3)O[C@@H]12. The van der Waals surface area contributed by atoms with Crippen molar-refractivity contribution in [2.45, 2.75) is 87.7 Å². The van der Waals surface area contributed by atoms with E-state index in [9.17, 15) is 0 Å². The molecule has 2 aliphatic heterocycles. The summed E-state index contributed by atoms with van der Waals surface area (Å²) in [5.41, 5.74) is 8.91. The van der Waals surface area contributed by atoms with Crippen molar-refractivity contribution in [3.8, 4) is 0 Å². The van der Waals surface area contributed by atoms with E-state index in [0.29, 0.717) is 13.2 Å². The van der Waals surface area contributed by atoms with Gasteiger partial charge in [0.25, 0.3) is 0 Å². The summed E-state index contributed by atoms with van der Waals surface area (Å²) in [7, 11) is 0. The summed E-state index contributed by atoms with van der Waals surface area (Å²) in [6.45, 7) is 0.878. The second-order valence-corrected chi connectivity index (χ2v) is 11.8. The van der Waals surface area contributed by atoms with Gasteiger partial charge in [-0.1, -0.05) is 60.7 Å². The first-order valence-electron chi connectivity index (χ1n) is 13.7. The van der Waals surface area contributed by atoms with Gasteiger partial charge in [-0.15, -0.1) is 0 Å². The molecule has 6 atom stereocenters. The molecular weight excluding hydrogens is 454 g/mol. The van der Waals surface area contributed by atoms with Crippen molar-refractivity contribution in [2.24, 2.45) is 23.5 Å². The molecule has 2 N–H and O–H groups in total. The van der Waals surface area contributed by atoms with Crippen LogP contribution in [0.1, 0.15) is 55.9 Å². The second kappa shape index (κ2) is 9.50. The average Bonchev–Trinajstić information content (AvgIpc) is 2.88. The maximum absolute atomic E-state index is 6.99. The molecule has 36 heavy (non-hydrogen) atoms. The van der Waals surface area contributed by atoms with Gasteiger partial charge in [-0.2, -0.15) is 0 Å². The minimum atomic E-state index is -0.526. The van der Waals surface area contributed by atoms with Crippen LogP contribution in [0, 0.1) is 17.8 Å². The van der Waals surface area contributed by atoms with Gasteiger partial charge in [0, 0.05) is 5.56 Å². The first kappa shape index (κ1) is 23.3. The maximum Gasteiger partial charge on any atom is 0.186 e.